The lowest BCUT2D eigenvalue weighted by Gasteiger charge is -2.30. The normalized spacial score (nSPS) is 20.5. The molecule has 2 N–H and O–H groups in total. The molecule has 22 heavy (non-hydrogen) atoms. The number of rotatable bonds is 6. The van der Waals surface area contributed by atoms with Gasteiger partial charge in [-0.2, -0.15) is 0 Å². The molecule has 1 fully saturated rings. The minimum Gasteiger partial charge on any atom is -0.481 e. The standard InChI is InChI=1S/C18H32O4/c19-16(20)12-8-11-15-18(17(21)22)13-9-6-4-2-1-3-5-7-10-14-18/h1-15H2,(H,19,20)(H,21,22). The summed E-state index contributed by atoms with van der Waals surface area (Å²) in [6.07, 6.45) is 14.1. The molecule has 0 aromatic heterocycles. The Morgan fingerprint density at radius 2 is 1.18 bits per heavy atom. The molecule has 1 aliphatic rings. The number of unbranched alkanes of at least 4 members (excludes halogenated alkanes) is 1. The van der Waals surface area contributed by atoms with Gasteiger partial charge in [0.1, 0.15) is 0 Å². The van der Waals surface area contributed by atoms with Crippen LogP contribution in [-0.4, -0.2) is 22.2 Å². The maximum Gasteiger partial charge on any atom is 0.309 e. The number of carbonyl (C=O) groups is 2. The molecule has 0 bridgehead atoms. The molecule has 0 atom stereocenters. The first-order chi connectivity index (χ1) is 10.6. The largest absolute Gasteiger partial charge is 0.481 e. The SMILES string of the molecule is O=C(O)CCCCC1(C(=O)O)CCCCCCCCCCC1. The molecular formula is C18H32O4. The summed E-state index contributed by atoms with van der Waals surface area (Å²) in [5.41, 5.74) is -0.613. The summed E-state index contributed by atoms with van der Waals surface area (Å²) in [6, 6.07) is 0. The van der Waals surface area contributed by atoms with Crippen LogP contribution in [0.3, 0.4) is 0 Å². The summed E-state index contributed by atoms with van der Waals surface area (Å²) in [5, 5.41) is 18.5. The highest BCUT2D eigenvalue weighted by Gasteiger charge is 2.36. The molecule has 0 aromatic carbocycles. The highest BCUT2D eigenvalue weighted by molar-refractivity contribution is 5.74. The van der Waals surface area contributed by atoms with E-state index in [2.05, 4.69) is 0 Å². The third-order valence-electron chi connectivity index (χ3n) is 5.06. The molecule has 0 aliphatic heterocycles. The van der Waals surface area contributed by atoms with Crippen LogP contribution in [0.15, 0.2) is 0 Å². The van der Waals surface area contributed by atoms with Gasteiger partial charge in [-0.15, -0.1) is 0 Å². The number of hydrogen-bond donors (Lipinski definition) is 2. The van der Waals surface area contributed by atoms with E-state index in [1.54, 1.807) is 0 Å². The Labute approximate surface area is 134 Å². The van der Waals surface area contributed by atoms with Crippen molar-refractivity contribution in [2.24, 2.45) is 5.41 Å². The van der Waals surface area contributed by atoms with Crippen molar-refractivity contribution in [2.75, 3.05) is 0 Å². The Balaban J connectivity index is 2.58. The molecule has 128 valence electrons. The van der Waals surface area contributed by atoms with Crippen molar-refractivity contribution in [3.8, 4) is 0 Å². The van der Waals surface area contributed by atoms with Gasteiger partial charge in [0.2, 0.25) is 0 Å². The molecule has 0 unspecified atom stereocenters. The summed E-state index contributed by atoms with van der Waals surface area (Å²) in [6.45, 7) is 0. The van der Waals surface area contributed by atoms with E-state index in [1.807, 2.05) is 0 Å². The van der Waals surface area contributed by atoms with E-state index in [-0.39, 0.29) is 6.42 Å². The van der Waals surface area contributed by atoms with Gasteiger partial charge in [-0.25, -0.2) is 0 Å². The van der Waals surface area contributed by atoms with E-state index in [0.29, 0.717) is 19.3 Å². The monoisotopic (exact) mass is 312 g/mol. The molecular weight excluding hydrogens is 280 g/mol. The van der Waals surface area contributed by atoms with Gasteiger partial charge in [-0.05, 0) is 25.7 Å². The summed E-state index contributed by atoms with van der Waals surface area (Å²) in [7, 11) is 0. The maximum absolute atomic E-state index is 11.9. The highest BCUT2D eigenvalue weighted by Crippen LogP contribution is 2.38. The van der Waals surface area contributed by atoms with Crippen LogP contribution in [0.5, 0.6) is 0 Å². The van der Waals surface area contributed by atoms with Crippen molar-refractivity contribution in [1.82, 2.24) is 0 Å². The summed E-state index contributed by atoms with van der Waals surface area (Å²) in [4.78, 5) is 22.5. The van der Waals surface area contributed by atoms with Crippen LogP contribution in [0.25, 0.3) is 0 Å². The molecule has 0 heterocycles. The fraction of sp³-hybridized carbons (Fsp3) is 0.889. The fourth-order valence-corrected chi connectivity index (χ4v) is 3.60. The Morgan fingerprint density at radius 1 is 0.727 bits per heavy atom. The second-order valence-corrected chi connectivity index (χ2v) is 6.87. The number of carboxylic acid groups (broad SMARTS) is 2. The van der Waals surface area contributed by atoms with E-state index in [1.165, 1.54) is 32.1 Å². The van der Waals surface area contributed by atoms with Crippen molar-refractivity contribution in [3.63, 3.8) is 0 Å². The first-order valence-corrected chi connectivity index (χ1v) is 9.02. The molecule has 1 saturated carbocycles. The zero-order valence-electron chi connectivity index (χ0n) is 13.8. The molecule has 0 aromatic rings. The Hall–Kier alpha value is -1.06. The Morgan fingerprint density at radius 3 is 1.59 bits per heavy atom. The topological polar surface area (TPSA) is 74.6 Å². The van der Waals surface area contributed by atoms with Crippen molar-refractivity contribution in [3.05, 3.63) is 0 Å². The zero-order valence-corrected chi connectivity index (χ0v) is 13.8. The van der Waals surface area contributed by atoms with E-state index in [4.69, 9.17) is 5.11 Å². The maximum atomic E-state index is 11.9. The Kier molecular flexibility index (Phi) is 9.17. The Bertz CT molecular complexity index is 326. The third-order valence-corrected chi connectivity index (χ3v) is 5.06. The van der Waals surface area contributed by atoms with Crippen LogP contribution < -0.4 is 0 Å². The van der Waals surface area contributed by atoms with E-state index < -0.39 is 17.4 Å². The molecule has 1 rings (SSSR count). The smallest absolute Gasteiger partial charge is 0.309 e. The molecule has 0 amide bonds. The van der Waals surface area contributed by atoms with Gasteiger partial charge in [0.05, 0.1) is 5.41 Å². The van der Waals surface area contributed by atoms with E-state index in [9.17, 15) is 14.7 Å². The van der Waals surface area contributed by atoms with Crippen LogP contribution in [0.1, 0.15) is 96.3 Å². The molecule has 0 radical (unpaired) electrons. The average Bonchev–Trinajstić information content (AvgIpc) is 2.45. The van der Waals surface area contributed by atoms with Crippen LogP contribution in [0.2, 0.25) is 0 Å². The van der Waals surface area contributed by atoms with Gasteiger partial charge in [-0.1, -0.05) is 64.2 Å². The number of carboxylic acids is 2. The lowest BCUT2D eigenvalue weighted by molar-refractivity contribution is -0.150. The van der Waals surface area contributed by atoms with Crippen molar-refractivity contribution in [1.29, 1.82) is 0 Å². The lowest BCUT2D eigenvalue weighted by Crippen LogP contribution is -2.31. The lowest BCUT2D eigenvalue weighted by atomic mass is 9.74. The average molecular weight is 312 g/mol. The van der Waals surface area contributed by atoms with Gasteiger partial charge < -0.3 is 10.2 Å². The summed E-state index contributed by atoms with van der Waals surface area (Å²) >= 11 is 0. The molecule has 4 nitrogen and oxygen atoms in total. The van der Waals surface area contributed by atoms with Gasteiger partial charge in [0.15, 0.2) is 0 Å². The number of aliphatic carboxylic acids is 2. The quantitative estimate of drug-likeness (QED) is 0.676. The van der Waals surface area contributed by atoms with Gasteiger partial charge in [0, 0.05) is 6.42 Å². The van der Waals surface area contributed by atoms with Crippen LogP contribution in [0, 0.1) is 5.41 Å². The minimum absolute atomic E-state index is 0.149. The van der Waals surface area contributed by atoms with Gasteiger partial charge in [-0.3, -0.25) is 9.59 Å². The van der Waals surface area contributed by atoms with Crippen LogP contribution in [0.4, 0.5) is 0 Å². The predicted molar refractivity (Wildman–Crippen MR) is 87.0 cm³/mol. The second-order valence-electron chi connectivity index (χ2n) is 6.87. The summed E-state index contributed by atoms with van der Waals surface area (Å²) < 4.78 is 0. The van der Waals surface area contributed by atoms with Crippen LogP contribution >= 0.6 is 0 Å². The number of hydrogen-bond acceptors (Lipinski definition) is 2. The molecule has 4 heteroatoms. The second kappa shape index (κ2) is 10.6. The van der Waals surface area contributed by atoms with Gasteiger partial charge >= 0.3 is 11.9 Å². The predicted octanol–water partition coefficient (Wildman–Crippen LogP) is 5.01. The van der Waals surface area contributed by atoms with Gasteiger partial charge in [0.25, 0.3) is 0 Å². The molecule has 0 spiro atoms. The fourth-order valence-electron chi connectivity index (χ4n) is 3.60. The zero-order chi connectivity index (χ0) is 16.3. The molecule has 1 aliphatic carbocycles. The van der Waals surface area contributed by atoms with Crippen molar-refractivity contribution >= 4 is 11.9 Å². The van der Waals surface area contributed by atoms with E-state index in [0.717, 1.165) is 38.5 Å². The summed E-state index contributed by atoms with van der Waals surface area (Å²) in [5.74, 6) is -1.46. The minimum atomic E-state index is -0.789. The van der Waals surface area contributed by atoms with Crippen molar-refractivity contribution < 1.29 is 19.8 Å². The van der Waals surface area contributed by atoms with E-state index >= 15 is 0 Å². The third kappa shape index (κ3) is 7.28. The van der Waals surface area contributed by atoms with Crippen LogP contribution in [-0.2, 0) is 9.59 Å². The van der Waals surface area contributed by atoms with Crippen molar-refractivity contribution in [2.45, 2.75) is 96.3 Å². The first kappa shape index (κ1) is 19.0. The highest BCUT2D eigenvalue weighted by atomic mass is 16.4. The first-order valence-electron chi connectivity index (χ1n) is 9.02. The molecule has 0 saturated heterocycles.